The zero-order valence-corrected chi connectivity index (χ0v) is 11.5. The van der Waals surface area contributed by atoms with Crippen molar-refractivity contribution in [3.63, 3.8) is 0 Å². The molecule has 3 rings (SSSR count). The highest BCUT2D eigenvalue weighted by atomic mass is 19.1. The van der Waals surface area contributed by atoms with Crippen molar-refractivity contribution in [1.29, 1.82) is 0 Å². The molecule has 21 heavy (non-hydrogen) atoms. The normalized spacial score (nSPS) is 25.5. The molecule has 0 saturated carbocycles. The monoisotopic (exact) mass is 297 g/mol. The van der Waals surface area contributed by atoms with Gasteiger partial charge >= 0.3 is 0 Å². The Kier molecular flexibility index (Phi) is 3.75. The lowest BCUT2D eigenvalue weighted by Crippen LogP contribution is -2.44. The largest absolute Gasteiger partial charge is 0.362 e. The van der Waals surface area contributed by atoms with Gasteiger partial charge in [0.2, 0.25) is 0 Å². The molecule has 0 radical (unpaired) electrons. The first-order chi connectivity index (χ1) is 10.1. The van der Waals surface area contributed by atoms with Crippen LogP contribution >= 0.6 is 0 Å². The summed E-state index contributed by atoms with van der Waals surface area (Å²) in [5, 5.41) is 14.0. The van der Waals surface area contributed by atoms with Gasteiger partial charge in [-0.3, -0.25) is 10.1 Å². The quantitative estimate of drug-likeness (QED) is 0.688. The molecule has 1 aromatic rings. The predicted molar refractivity (Wildman–Crippen MR) is 74.4 cm³/mol. The number of nitro groups is 1. The first-order valence-corrected chi connectivity index (χ1v) is 7.21. The summed E-state index contributed by atoms with van der Waals surface area (Å²) in [6, 6.07) is 1.89. The second-order valence-electron chi connectivity index (χ2n) is 5.62. The van der Waals surface area contributed by atoms with E-state index in [1.165, 1.54) is 0 Å². The molecule has 5 nitrogen and oxygen atoms in total. The summed E-state index contributed by atoms with van der Waals surface area (Å²) < 4.78 is 28.4. The third-order valence-electron chi connectivity index (χ3n) is 4.36. The molecule has 0 aromatic heterocycles. The molecule has 2 atom stereocenters. The lowest BCUT2D eigenvalue weighted by molar-refractivity contribution is -0.385. The molecule has 2 aliphatic heterocycles. The highest BCUT2D eigenvalue weighted by Crippen LogP contribution is 2.35. The Hall–Kier alpha value is -1.76. The van der Waals surface area contributed by atoms with Crippen molar-refractivity contribution in [2.45, 2.75) is 37.8 Å². The zero-order valence-electron chi connectivity index (χ0n) is 11.5. The summed E-state index contributed by atoms with van der Waals surface area (Å²) in [4.78, 5) is 11.6. The molecular weight excluding hydrogens is 280 g/mol. The fraction of sp³-hybridized carbons (Fsp3) is 0.571. The van der Waals surface area contributed by atoms with Crippen LogP contribution in [0.25, 0.3) is 0 Å². The number of nitrogens with zero attached hydrogens (tertiary/aromatic N) is 2. The minimum Gasteiger partial charge on any atom is -0.362 e. The number of hydrogen-bond acceptors (Lipinski definition) is 4. The zero-order chi connectivity index (χ0) is 15.0. The number of anilines is 1. The number of benzene rings is 1. The molecule has 7 heteroatoms. The van der Waals surface area contributed by atoms with Gasteiger partial charge in [-0.1, -0.05) is 0 Å². The van der Waals surface area contributed by atoms with E-state index in [4.69, 9.17) is 0 Å². The molecule has 2 aliphatic rings. The average Bonchev–Trinajstić information content (AvgIpc) is 3.07. The molecule has 2 fully saturated rings. The van der Waals surface area contributed by atoms with Gasteiger partial charge in [-0.25, -0.2) is 8.78 Å². The maximum atomic E-state index is 14.2. The first-order valence-electron chi connectivity index (χ1n) is 7.21. The maximum Gasteiger partial charge on any atom is 0.275 e. The van der Waals surface area contributed by atoms with Crippen molar-refractivity contribution in [2.75, 3.05) is 18.0 Å². The van der Waals surface area contributed by atoms with Gasteiger partial charge in [0.05, 0.1) is 17.1 Å². The number of non-ortho nitro benzene ring substituents is 1. The summed E-state index contributed by atoms with van der Waals surface area (Å²) in [6.07, 6.45) is 3.82. The Bertz CT molecular complexity index is 538. The van der Waals surface area contributed by atoms with E-state index < -0.39 is 22.2 Å². The second kappa shape index (κ2) is 5.55. The summed E-state index contributed by atoms with van der Waals surface area (Å²) in [7, 11) is 0. The van der Waals surface area contributed by atoms with Crippen LogP contribution in [0.15, 0.2) is 12.1 Å². The van der Waals surface area contributed by atoms with E-state index in [2.05, 4.69) is 5.32 Å². The van der Waals surface area contributed by atoms with Crippen molar-refractivity contribution in [3.8, 4) is 0 Å². The van der Waals surface area contributed by atoms with Gasteiger partial charge in [0.15, 0.2) is 11.6 Å². The van der Waals surface area contributed by atoms with Crippen molar-refractivity contribution in [2.24, 2.45) is 0 Å². The molecular formula is C14H17F2N3O2. The van der Waals surface area contributed by atoms with Gasteiger partial charge in [0, 0.05) is 18.6 Å². The highest BCUT2D eigenvalue weighted by Gasteiger charge is 2.36. The van der Waals surface area contributed by atoms with Crippen LogP contribution in [0.1, 0.15) is 25.7 Å². The summed E-state index contributed by atoms with van der Waals surface area (Å²) >= 11 is 0. The van der Waals surface area contributed by atoms with Gasteiger partial charge in [0.1, 0.15) is 5.69 Å². The van der Waals surface area contributed by atoms with Crippen molar-refractivity contribution >= 4 is 11.4 Å². The van der Waals surface area contributed by atoms with Crippen LogP contribution < -0.4 is 10.2 Å². The third-order valence-corrected chi connectivity index (χ3v) is 4.36. The Balaban J connectivity index is 1.93. The Labute approximate surface area is 121 Å². The molecule has 0 bridgehead atoms. The molecule has 0 amide bonds. The lowest BCUT2D eigenvalue weighted by Gasteiger charge is -2.31. The van der Waals surface area contributed by atoms with Gasteiger partial charge in [-0.15, -0.1) is 0 Å². The minimum absolute atomic E-state index is 0.0537. The SMILES string of the molecule is O=[N+]([O-])c1cc(F)c(N2CCCC2C2CCCN2)c(F)c1. The van der Waals surface area contributed by atoms with Crippen molar-refractivity contribution < 1.29 is 13.7 Å². The molecule has 2 heterocycles. The van der Waals surface area contributed by atoms with Gasteiger partial charge < -0.3 is 10.2 Å². The van der Waals surface area contributed by atoms with Crippen LogP contribution in [0.5, 0.6) is 0 Å². The van der Waals surface area contributed by atoms with Gasteiger partial charge in [-0.05, 0) is 32.2 Å². The summed E-state index contributed by atoms with van der Waals surface area (Å²) in [6.45, 7) is 1.51. The fourth-order valence-corrected chi connectivity index (χ4v) is 3.46. The topological polar surface area (TPSA) is 58.4 Å². The molecule has 1 aromatic carbocycles. The van der Waals surface area contributed by atoms with Crippen LogP contribution in [0.4, 0.5) is 20.2 Å². The molecule has 0 aliphatic carbocycles. The van der Waals surface area contributed by atoms with Crippen LogP contribution in [0.3, 0.4) is 0 Å². The van der Waals surface area contributed by atoms with Crippen LogP contribution in [-0.4, -0.2) is 30.1 Å². The van der Waals surface area contributed by atoms with E-state index in [-0.39, 0.29) is 17.8 Å². The highest BCUT2D eigenvalue weighted by molar-refractivity contribution is 5.55. The Morgan fingerprint density at radius 2 is 1.95 bits per heavy atom. The van der Waals surface area contributed by atoms with Crippen LogP contribution in [0.2, 0.25) is 0 Å². The standard InChI is InChI=1S/C14H17F2N3O2/c15-10-7-9(19(20)21)8-11(16)14(10)18-6-2-4-13(18)12-3-1-5-17-12/h7-8,12-13,17H,1-6H2. The van der Waals surface area contributed by atoms with E-state index in [0.29, 0.717) is 6.54 Å². The summed E-state index contributed by atoms with van der Waals surface area (Å²) in [5.74, 6) is -1.71. The van der Waals surface area contributed by atoms with E-state index in [1.807, 2.05) is 0 Å². The average molecular weight is 297 g/mol. The lowest BCUT2D eigenvalue weighted by atomic mass is 10.0. The Morgan fingerprint density at radius 1 is 1.24 bits per heavy atom. The number of rotatable bonds is 3. The van der Waals surface area contributed by atoms with E-state index >= 15 is 0 Å². The molecule has 2 saturated heterocycles. The number of hydrogen-bond donors (Lipinski definition) is 1. The molecule has 0 spiro atoms. The molecule has 1 N–H and O–H groups in total. The van der Waals surface area contributed by atoms with Crippen LogP contribution in [-0.2, 0) is 0 Å². The van der Waals surface area contributed by atoms with E-state index in [9.17, 15) is 18.9 Å². The fourth-order valence-electron chi connectivity index (χ4n) is 3.46. The van der Waals surface area contributed by atoms with Gasteiger partial charge in [-0.2, -0.15) is 0 Å². The Morgan fingerprint density at radius 3 is 2.52 bits per heavy atom. The number of nitrogens with one attached hydrogen (secondary N) is 1. The first kappa shape index (κ1) is 14.2. The third kappa shape index (κ3) is 2.57. The summed E-state index contributed by atoms with van der Waals surface area (Å²) in [5.41, 5.74) is -0.680. The number of nitro benzene ring substituents is 1. The predicted octanol–water partition coefficient (Wildman–Crippen LogP) is 2.59. The molecule has 114 valence electrons. The van der Waals surface area contributed by atoms with E-state index in [1.54, 1.807) is 4.90 Å². The number of halogens is 2. The van der Waals surface area contributed by atoms with Crippen molar-refractivity contribution in [3.05, 3.63) is 33.9 Å². The van der Waals surface area contributed by atoms with Crippen LogP contribution in [0, 0.1) is 21.7 Å². The van der Waals surface area contributed by atoms with Gasteiger partial charge in [0.25, 0.3) is 5.69 Å². The van der Waals surface area contributed by atoms with Crippen molar-refractivity contribution in [1.82, 2.24) is 5.32 Å². The minimum atomic E-state index is -0.855. The molecule has 2 unspecified atom stereocenters. The maximum absolute atomic E-state index is 14.2. The van der Waals surface area contributed by atoms with E-state index in [0.717, 1.165) is 44.4 Å². The second-order valence-corrected chi connectivity index (χ2v) is 5.62. The smallest absolute Gasteiger partial charge is 0.275 e.